The summed E-state index contributed by atoms with van der Waals surface area (Å²) < 4.78 is 5.27. The Labute approximate surface area is 187 Å². The van der Waals surface area contributed by atoms with Crippen molar-refractivity contribution in [3.63, 3.8) is 0 Å². The maximum Gasteiger partial charge on any atom is 0.196 e. The minimum atomic E-state index is -0.560. The van der Waals surface area contributed by atoms with E-state index in [1.165, 1.54) is 19.3 Å². The number of anilines is 2. The lowest BCUT2D eigenvalue weighted by atomic mass is 9.82. The highest BCUT2D eigenvalue weighted by atomic mass is 16.6. The number of nitrogens with zero attached hydrogens (tertiary/aromatic N) is 1. The number of aliphatic hydroxyl groups excluding tert-OH is 1. The van der Waals surface area contributed by atoms with Crippen molar-refractivity contribution in [1.82, 2.24) is 4.90 Å². The van der Waals surface area contributed by atoms with Crippen LogP contribution in [-0.2, 0) is 4.74 Å². The first kappa shape index (κ1) is 21.1. The molecule has 7 nitrogen and oxygen atoms in total. The lowest BCUT2D eigenvalue weighted by Crippen LogP contribution is -2.39. The van der Waals surface area contributed by atoms with Crippen LogP contribution in [0.15, 0.2) is 36.4 Å². The molecule has 5 rings (SSSR count). The van der Waals surface area contributed by atoms with E-state index in [0.717, 1.165) is 13.1 Å². The summed E-state index contributed by atoms with van der Waals surface area (Å²) in [7, 11) is 0. The van der Waals surface area contributed by atoms with Crippen molar-refractivity contribution < 1.29 is 19.4 Å². The first-order valence-electron chi connectivity index (χ1n) is 11.5. The lowest BCUT2D eigenvalue weighted by molar-refractivity contribution is 0.0979. The van der Waals surface area contributed by atoms with E-state index < -0.39 is 6.10 Å². The zero-order chi connectivity index (χ0) is 22.1. The van der Waals surface area contributed by atoms with Crippen LogP contribution in [0.5, 0.6) is 0 Å². The van der Waals surface area contributed by atoms with Crippen molar-refractivity contribution in [2.24, 2.45) is 0 Å². The third-order valence-corrected chi connectivity index (χ3v) is 6.44. The SMILES string of the molecule is O=C1c2ccccc2C(=O)c2c(NC[C@H]3CO3)ccc(NC[C@H](O)CN3CCCCC3)c21. The second-order valence-corrected chi connectivity index (χ2v) is 8.85. The largest absolute Gasteiger partial charge is 0.390 e. The summed E-state index contributed by atoms with van der Waals surface area (Å²) in [6.45, 7) is 4.25. The number of epoxide rings is 1. The van der Waals surface area contributed by atoms with Crippen molar-refractivity contribution in [2.45, 2.75) is 31.5 Å². The Hall–Kier alpha value is -2.74. The molecule has 3 N–H and O–H groups in total. The number of aliphatic hydroxyl groups is 1. The number of carbonyl (C=O) groups excluding carboxylic acids is 2. The highest BCUT2D eigenvalue weighted by molar-refractivity contribution is 6.31. The van der Waals surface area contributed by atoms with E-state index in [9.17, 15) is 14.7 Å². The summed E-state index contributed by atoms with van der Waals surface area (Å²) in [6.07, 6.45) is 3.18. The van der Waals surface area contributed by atoms with E-state index in [1.54, 1.807) is 24.3 Å². The molecule has 0 bridgehead atoms. The van der Waals surface area contributed by atoms with Crippen LogP contribution in [0.1, 0.15) is 51.1 Å². The maximum absolute atomic E-state index is 13.4. The smallest absolute Gasteiger partial charge is 0.196 e. The molecule has 2 saturated heterocycles. The highest BCUT2D eigenvalue weighted by Crippen LogP contribution is 2.36. The zero-order valence-electron chi connectivity index (χ0n) is 18.1. The van der Waals surface area contributed by atoms with E-state index in [2.05, 4.69) is 15.5 Å². The minimum Gasteiger partial charge on any atom is -0.390 e. The molecule has 2 aliphatic heterocycles. The van der Waals surface area contributed by atoms with Crippen LogP contribution < -0.4 is 10.6 Å². The number of nitrogens with one attached hydrogen (secondary N) is 2. The molecule has 0 amide bonds. The standard InChI is InChI=1S/C25H29N3O4/c29-16(14-28-10-4-1-5-11-28)12-26-20-8-9-21(27-13-17-15-32-17)23-22(20)24(30)18-6-2-3-7-19(18)25(23)31/h2-3,6-9,16-17,26-27,29H,1,4-5,10-15H2/t16-,17-/m0/s1. The van der Waals surface area contributed by atoms with Crippen molar-refractivity contribution >= 4 is 22.9 Å². The van der Waals surface area contributed by atoms with Gasteiger partial charge in [0, 0.05) is 42.1 Å². The number of benzene rings is 2. The van der Waals surface area contributed by atoms with Gasteiger partial charge in [-0.2, -0.15) is 0 Å². The Morgan fingerprint density at radius 2 is 1.53 bits per heavy atom. The summed E-state index contributed by atoms with van der Waals surface area (Å²) in [5, 5.41) is 17.1. The molecule has 7 heteroatoms. The number of hydrogen-bond donors (Lipinski definition) is 3. The summed E-state index contributed by atoms with van der Waals surface area (Å²) in [5.41, 5.74) is 2.84. The van der Waals surface area contributed by atoms with Gasteiger partial charge in [0.05, 0.1) is 29.9 Å². The van der Waals surface area contributed by atoms with Crippen molar-refractivity contribution in [3.8, 4) is 0 Å². The number of β-amino-alcohol motifs (C(OH)–C–C–N with tert-alkyl or cyclic N) is 1. The van der Waals surface area contributed by atoms with Crippen LogP contribution in [0.25, 0.3) is 0 Å². The van der Waals surface area contributed by atoms with E-state index >= 15 is 0 Å². The number of ketones is 2. The molecule has 2 aromatic carbocycles. The van der Waals surface area contributed by atoms with Gasteiger partial charge in [-0.3, -0.25) is 9.59 Å². The number of ether oxygens (including phenoxy) is 1. The Balaban J connectivity index is 1.40. The number of fused-ring (bicyclic) bond motifs is 2. The fourth-order valence-electron chi connectivity index (χ4n) is 4.66. The predicted octanol–water partition coefficient (Wildman–Crippen LogP) is 2.53. The molecular formula is C25H29N3O4. The molecule has 1 aliphatic carbocycles. The van der Waals surface area contributed by atoms with Crippen LogP contribution in [0.4, 0.5) is 11.4 Å². The van der Waals surface area contributed by atoms with Gasteiger partial charge in [-0.1, -0.05) is 30.7 Å². The van der Waals surface area contributed by atoms with Crippen LogP contribution in [-0.4, -0.2) is 73.1 Å². The fraction of sp³-hybridized carbons (Fsp3) is 0.440. The van der Waals surface area contributed by atoms with Crippen LogP contribution >= 0.6 is 0 Å². The summed E-state index contributed by atoms with van der Waals surface area (Å²) in [6, 6.07) is 10.6. The number of carbonyl (C=O) groups is 2. The quantitative estimate of drug-likeness (QED) is 0.468. The van der Waals surface area contributed by atoms with Gasteiger partial charge in [-0.25, -0.2) is 0 Å². The number of likely N-dealkylation sites (tertiary alicyclic amines) is 1. The van der Waals surface area contributed by atoms with Gasteiger partial charge in [-0.15, -0.1) is 0 Å². The molecule has 0 unspecified atom stereocenters. The Bertz CT molecular complexity index is 1030. The van der Waals surface area contributed by atoms with Crippen molar-refractivity contribution in [2.75, 3.05) is 50.0 Å². The minimum absolute atomic E-state index is 0.148. The summed E-state index contributed by atoms with van der Waals surface area (Å²) in [5.74, 6) is -0.332. The number of hydrogen-bond acceptors (Lipinski definition) is 7. The van der Waals surface area contributed by atoms with Gasteiger partial charge in [0.1, 0.15) is 0 Å². The normalized spacial score (nSPS) is 21.0. The molecule has 2 fully saturated rings. The van der Waals surface area contributed by atoms with E-state index in [-0.39, 0.29) is 17.7 Å². The monoisotopic (exact) mass is 435 g/mol. The van der Waals surface area contributed by atoms with Gasteiger partial charge < -0.3 is 25.4 Å². The van der Waals surface area contributed by atoms with Gasteiger partial charge in [0.25, 0.3) is 0 Å². The highest BCUT2D eigenvalue weighted by Gasteiger charge is 2.34. The molecule has 2 aromatic rings. The number of rotatable bonds is 8. The molecule has 3 aliphatic rings. The van der Waals surface area contributed by atoms with Crippen molar-refractivity contribution in [3.05, 3.63) is 58.7 Å². The molecule has 2 heterocycles. The molecular weight excluding hydrogens is 406 g/mol. The summed E-state index contributed by atoms with van der Waals surface area (Å²) in [4.78, 5) is 29.1. The second-order valence-electron chi connectivity index (χ2n) is 8.85. The molecule has 32 heavy (non-hydrogen) atoms. The molecule has 2 atom stereocenters. The topological polar surface area (TPSA) is 94.2 Å². The molecule has 0 aromatic heterocycles. The second kappa shape index (κ2) is 9.02. The van der Waals surface area contributed by atoms with E-state index in [4.69, 9.17) is 4.74 Å². The first-order chi connectivity index (χ1) is 15.6. The molecule has 168 valence electrons. The first-order valence-corrected chi connectivity index (χ1v) is 11.5. The average molecular weight is 436 g/mol. The summed E-state index contributed by atoms with van der Waals surface area (Å²) >= 11 is 0. The third kappa shape index (κ3) is 4.28. The van der Waals surface area contributed by atoms with E-state index in [0.29, 0.717) is 59.9 Å². The fourth-order valence-corrected chi connectivity index (χ4v) is 4.66. The van der Waals surface area contributed by atoms with Gasteiger partial charge >= 0.3 is 0 Å². The average Bonchev–Trinajstić information content (AvgIpc) is 3.65. The molecule has 0 saturated carbocycles. The van der Waals surface area contributed by atoms with Gasteiger partial charge in [-0.05, 0) is 38.1 Å². The van der Waals surface area contributed by atoms with Crippen molar-refractivity contribution in [1.29, 1.82) is 0 Å². The Morgan fingerprint density at radius 3 is 2.12 bits per heavy atom. The predicted molar refractivity (Wildman–Crippen MR) is 123 cm³/mol. The van der Waals surface area contributed by atoms with Gasteiger partial charge in [0.2, 0.25) is 0 Å². The van der Waals surface area contributed by atoms with Crippen LogP contribution in [0.2, 0.25) is 0 Å². The Morgan fingerprint density at radius 1 is 0.938 bits per heavy atom. The Kier molecular flexibility index (Phi) is 5.95. The third-order valence-electron chi connectivity index (χ3n) is 6.44. The van der Waals surface area contributed by atoms with E-state index in [1.807, 2.05) is 12.1 Å². The van der Waals surface area contributed by atoms with Crippen LogP contribution in [0.3, 0.4) is 0 Å². The zero-order valence-corrected chi connectivity index (χ0v) is 18.1. The molecule has 0 radical (unpaired) electrons. The molecule has 0 spiro atoms. The van der Waals surface area contributed by atoms with Gasteiger partial charge in [0.15, 0.2) is 11.6 Å². The van der Waals surface area contributed by atoms with Crippen LogP contribution in [0, 0.1) is 0 Å². The lowest BCUT2D eigenvalue weighted by Gasteiger charge is -2.29. The number of piperidine rings is 1. The maximum atomic E-state index is 13.4.